The molecule has 8 heavy (non-hydrogen) atoms. The minimum atomic E-state index is -0.633. The second-order valence-corrected chi connectivity index (χ2v) is 1.47. The second-order valence-electron chi connectivity index (χ2n) is 1.47. The third-order valence-electron chi connectivity index (χ3n) is 0.721. The molecule has 1 unspecified atom stereocenters. The number of hydrogen-bond acceptors (Lipinski definition) is 2. The van der Waals surface area contributed by atoms with E-state index in [1.165, 1.54) is 6.26 Å². The van der Waals surface area contributed by atoms with E-state index >= 15 is 0 Å². The van der Waals surface area contributed by atoms with Gasteiger partial charge in [-0.25, -0.2) is 0 Å². The van der Waals surface area contributed by atoms with Gasteiger partial charge in [-0.3, -0.25) is 0 Å². The highest BCUT2D eigenvalue weighted by molar-refractivity contribution is 4.65. The molecule has 0 heterocycles. The van der Waals surface area contributed by atoms with E-state index in [4.69, 9.17) is 9.84 Å². The molecule has 0 aliphatic rings. The molecular formula is C6H12O2. The van der Waals surface area contributed by atoms with E-state index in [0.29, 0.717) is 6.42 Å². The molecule has 0 spiro atoms. The largest absolute Gasteiger partial charge is 0.473 e. The Balaban J connectivity index is 3.10. The second kappa shape index (κ2) is 4.65. The van der Waals surface area contributed by atoms with Crippen molar-refractivity contribution in [2.24, 2.45) is 0 Å². The lowest BCUT2D eigenvalue weighted by molar-refractivity contribution is -0.0526. The van der Waals surface area contributed by atoms with Crippen molar-refractivity contribution >= 4 is 0 Å². The maximum atomic E-state index is 8.72. The maximum Gasteiger partial charge on any atom is 0.196 e. The first-order valence-corrected chi connectivity index (χ1v) is 2.76. The van der Waals surface area contributed by atoms with E-state index in [-0.39, 0.29) is 0 Å². The Labute approximate surface area is 49.8 Å². The summed E-state index contributed by atoms with van der Waals surface area (Å²) in [6.45, 7) is 3.69. The summed E-state index contributed by atoms with van der Waals surface area (Å²) in [6.07, 6.45) is 3.21. The van der Waals surface area contributed by atoms with Crippen LogP contribution in [0, 0.1) is 0 Å². The van der Waals surface area contributed by atoms with Gasteiger partial charge in [0.1, 0.15) is 0 Å². The lowest BCUT2D eigenvalue weighted by Crippen LogP contribution is -2.04. The van der Waals surface area contributed by atoms with Crippen molar-refractivity contribution in [2.75, 3.05) is 0 Å². The zero-order chi connectivity index (χ0) is 6.41. The van der Waals surface area contributed by atoms with E-state index in [1.807, 2.05) is 13.8 Å². The van der Waals surface area contributed by atoms with Crippen LogP contribution in [-0.2, 0) is 4.74 Å². The van der Waals surface area contributed by atoms with Crippen LogP contribution in [0.1, 0.15) is 20.3 Å². The van der Waals surface area contributed by atoms with Crippen LogP contribution in [0.4, 0.5) is 0 Å². The summed E-state index contributed by atoms with van der Waals surface area (Å²) < 4.78 is 4.72. The van der Waals surface area contributed by atoms with Crippen molar-refractivity contribution in [3.63, 3.8) is 0 Å². The van der Waals surface area contributed by atoms with Gasteiger partial charge in [0.05, 0.1) is 6.26 Å². The van der Waals surface area contributed by atoms with Crippen molar-refractivity contribution in [3.8, 4) is 0 Å². The van der Waals surface area contributed by atoms with E-state index in [2.05, 4.69) is 0 Å². The van der Waals surface area contributed by atoms with Crippen molar-refractivity contribution in [3.05, 3.63) is 12.3 Å². The van der Waals surface area contributed by atoms with Gasteiger partial charge < -0.3 is 9.84 Å². The molecule has 0 aromatic rings. The first-order valence-electron chi connectivity index (χ1n) is 2.76. The standard InChI is InChI=1S/C6H12O2/c1-3-5-8-6(7)4-2/h3,5-7H,4H2,1-2H3/b5-3+. The number of ether oxygens (including phenoxy) is 1. The van der Waals surface area contributed by atoms with Gasteiger partial charge in [-0.1, -0.05) is 13.0 Å². The maximum absolute atomic E-state index is 8.72. The van der Waals surface area contributed by atoms with E-state index in [1.54, 1.807) is 6.08 Å². The van der Waals surface area contributed by atoms with Gasteiger partial charge in [-0.2, -0.15) is 0 Å². The first-order chi connectivity index (χ1) is 3.81. The van der Waals surface area contributed by atoms with Gasteiger partial charge in [0.15, 0.2) is 6.29 Å². The smallest absolute Gasteiger partial charge is 0.196 e. The summed E-state index contributed by atoms with van der Waals surface area (Å²) >= 11 is 0. The van der Waals surface area contributed by atoms with Crippen LogP contribution >= 0.6 is 0 Å². The molecule has 2 heteroatoms. The fourth-order valence-electron chi connectivity index (χ4n) is 0.265. The first kappa shape index (κ1) is 7.50. The number of aliphatic hydroxyl groups is 1. The highest BCUT2D eigenvalue weighted by Gasteiger charge is 1.92. The molecular weight excluding hydrogens is 104 g/mol. The van der Waals surface area contributed by atoms with Crippen molar-refractivity contribution < 1.29 is 9.84 Å². The Morgan fingerprint density at radius 3 is 2.75 bits per heavy atom. The summed E-state index contributed by atoms with van der Waals surface area (Å²) in [5, 5.41) is 8.72. The molecule has 0 aromatic heterocycles. The van der Waals surface area contributed by atoms with Crippen LogP contribution in [0.15, 0.2) is 12.3 Å². The van der Waals surface area contributed by atoms with Gasteiger partial charge in [0, 0.05) is 6.42 Å². The Bertz CT molecular complexity index is 68.9. The predicted molar refractivity (Wildman–Crippen MR) is 32.2 cm³/mol. The minimum Gasteiger partial charge on any atom is -0.473 e. The molecule has 0 amide bonds. The number of aliphatic hydroxyl groups excluding tert-OH is 1. The van der Waals surface area contributed by atoms with Crippen LogP contribution in [0.5, 0.6) is 0 Å². The Morgan fingerprint density at radius 1 is 1.75 bits per heavy atom. The molecule has 2 nitrogen and oxygen atoms in total. The van der Waals surface area contributed by atoms with Gasteiger partial charge >= 0.3 is 0 Å². The van der Waals surface area contributed by atoms with Crippen molar-refractivity contribution in [1.29, 1.82) is 0 Å². The normalized spacial score (nSPS) is 14.4. The highest BCUT2D eigenvalue weighted by Crippen LogP contribution is 1.91. The highest BCUT2D eigenvalue weighted by atomic mass is 16.6. The fourth-order valence-corrected chi connectivity index (χ4v) is 0.265. The van der Waals surface area contributed by atoms with Crippen LogP contribution in [-0.4, -0.2) is 11.4 Å². The van der Waals surface area contributed by atoms with Crippen LogP contribution in [0.2, 0.25) is 0 Å². The molecule has 0 aliphatic heterocycles. The Hall–Kier alpha value is -0.500. The fraction of sp³-hybridized carbons (Fsp3) is 0.667. The Morgan fingerprint density at radius 2 is 2.38 bits per heavy atom. The Kier molecular flexibility index (Phi) is 4.36. The summed E-state index contributed by atoms with van der Waals surface area (Å²) in [5.74, 6) is 0. The van der Waals surface area contributed by atoms with Gasteiger partial charge in [0.25, 0.3) is 0 Å². The third kappa shape index (κ3) is 3.68. The molecule has 0 saturated heterocycles. The van der Waals surface area contributed by atoms with Crippen molar-refractivity contribution in [1.82, 2.24) is 0 Å². The van der Waals surface area contributed by atoms with Gasteiger partial charge in [-0.15, -0.1) is 0 Å². The topological polar surface area (TPSA) is 29.5 Å². The molecule has 48 valence electrons. The zero-order valence-corrected chi connectivity index (χ0v) is 5.29. The lowest BCUT2D eigenvalue weighted by atomic mass is 10.5. The van der Waals surface area contributed by atoms with Crippen LogP contribution < -0.4 is 0 Å². The van der Waals surface area contributed by atoms with Crippen molar-refractivity contribution in [2.45, 2.75) is 26.6 Å². The van der Waals surface area contributed by atoms with E-state index < -0.39 is 6.29 Å². The third-order valence-corrected chi connectivity index (χ3v) is 0.721. The van der Waals surface area contributed by atoms with E-state index in [0.717, 1.165) is 0 Å². The lowest BCUT2D eigenvalue weighted by Gasteiger charge is -2.04. The average Bonchev–Trinajstić information content (AvgIpc) is 1.83. The monoisotopic (exact) mass is 116 g/mol. The molecule has 0 rings (SSSR count). The molecule has 0 aliphatic carbocycles. The summed E-state index contributed by atoms with van der Waals surface area (Å²) in [4.78, 5) is 0. The zero-order valence-electron chi connectivity index (χ0n) is 5.29. The minimum absolute atomic E-state index is 0.629. The summed E-state index contributed by atoms with van der Waals surface area (Å²) in [7, 11) is 0. The van der Waals surface area contributed by atoms with Gasteiger partial charge in [0.2, 0.25) is 0 Å². The number of rotatable bonds is 3. The summed E-state index contributed by atoms with van der Waals surface area (Å²) in [6, 6.07) is 0. The number of allylic oxidation sites excluding steroid dienone is 1. The van der Waals surface area contributed by atoms with Gasteiger partial charge in [-0.05, 0) is 6.92 Å². The SMILES string of the molecule is C/C=C/OC(O)CC. The average molecular weight is 116 g/mol. The molecule has 0 bridgehead atoms. The molecule has 1 atom stereocenters. The summed E-state index contributed by atoms with van der Waals surface area (Å²) in [5.41, 5.74) is 0. The number of hydrogen-bond donors (Lipinski definition) is 1. The van der Waals surface area contributed by atoms with E-state index in [9.17, 15) is 0 Å². The quantitative estimate of drug-likeness (QED) is 0.444. The van der Waals surface area contributed by atoms with Crippen LogP contribution in [0.3, 0.4) is 0 Å². The molecule has 0 fully saturated rings. The predicted octanol–water partition coefficient (Wildman–Crippen LogP) is 1.26. The molecule has 0 aromatic carbocycles. The molecule has 0 saturated carbocycles. The molecule has 1 N–H and O–H groups in total. The molecule has 0 radical (unpaired) electrons. The van der Waals surface area contributed by atoms with Crippen LogP contribution in [0.25, 0.3) is 0 Å².